The van der Waals surface area contributed by atoms with Gasteiger partial charge >= 0.3 is 6.03 Å². The number of hydrogen-bond donors (Lipinski definition) is 1. The van der Waals surface area contributed by atoms with Gasteiger partial charge in [-0.15, -0.1) is 0 Å². The second-order valence-electron chi connectivity index (χ2n) is 7.84. The van der Waals surface area contributed by atoms with E-state index in [0.717, 1.165) is 23.9 Å². The van der Waals surface area contributed by atoms with Crippen LogP contribution in [0.25, 0.3) is 0 Å². The molecule has 4 heteroatoms. The fourth-order valence-corrected chi connectivity index (χ4v) is 4.02. The lowest BCUT2D eigenvalue weighted by atomic mass is 9.92. The van der Waals surface area contributed by atoms with E-state index in [1.165, 1.54) is 12.8 Å². The monoisotopic (exact) mass is 342 g/mol. The van der Waals surface area contributed by atoms with Gasteiger partial charge in [0, 0.05) is 18.3 Å². The van der Waals surface area contributed by atoms with Crippen LogP contribution in [0.2, 0.25) is 0 Å². The van der Waals surface area contributed by atoms with E-state index in [1.807, 2.05) is 29.2 Å². The summed E-state index contributed by atoms with van der Waals surface area (Å²) in [7, 11) is 1.64. The van der Waals surface area contributed by atoms with E-state index in [0.29, 0.717) is 17.8 Å². The van der Waals surface area contributed by atoms with Gasteiger partial charge in [-0.1, -0.05) is 26.0 Å². The van der Waals surface area contributed by atoms with Crippen LogP contribution in [0.5, 0.6) is 5.75 Å². The third-order valence-electron chi connectivity index (χ3n) is 5.91. The van der Waals surface area contributed by atoms with Crippen LogP contribution in [0.15, 0.2) is 36.4 Å². The van der Waals surface area contributed by atoms with Gasteiger partial charge in [-0.3, -0.25) is 0 Å². The molecule has 2 amide bonds. The number of allylic oxidation sites excluding steroid dienone is 2. The second kappa shape index (κ2) is 7.51. The van der Waals surface area contributed by atoms with Crippen molar-refractivity contribution in [1.29, 1.82) is 0 Å². The van der Waals surface area contributed by atoms with Gasteiger partial charge in [-0.25, -0.2) is 4.79 Å². The maximum atomic E-state index is 13.0. The zero-order valence-corrected chi connectivity index (χ0v) is 15.7. The third kappa shape index (κ3) is 4.00. The van der Waals surface area contributed by atoms with Gasteiger partial charge in [0.05, 0.1) is 7.11 Å². The Kier molecular flexibility index (Phi) is 5.36. The predicted octanol–water partition coefficient (Wildman–Crippen LogP) is 4.79. The Bertz CT molecular complexity index is 623. The summed E-state index contributed by atoms with van der Waals surface area (Å²) in [6.45, 7) is 7.35. The Hall–Kier alpha value is -1.97. The number of carbonyl (C=O) groups is 1. The summed E-state index contributed by atoms with van der Waals surface area (Å²) >= 11 is 0. The fraction of sp³-hybridized carbons (Fsp3) is 0.571. The number of ether oxygens (including phenoxy) is 1. The first-order valence-electron chi connectivity index (χ1n) is 9.38. The first-order valence-corrected chi connectivity index (χ1v) is 9.38. The number of benzene rings is 1. The molecule has 4 atom stereocenters. The van der Waals surface area contributed by atoms with Crippen molar-refractivity contribution in [2.45, 2.75) is 39.7 Å². The molecule has 0 aliphatic heterocycles. The number of nitrogens with zero attached hydrogens (tertiary/aromatic N) is 1. The molecule has 1 aromatic rings. The summed E-state index contributed by atoms with van der Waals surface area (Å²) in [5.74, 6) is 3.20. The molecular weight excluding hydrogens is 312 g/mol. The molecule has 2 bridgehead atoms. The van der Waals surface area contributed by atoms with Crippen molar-refractivity contribution < 1.29 is 9.53 Å². The van der Waals surface area contributed by atoms with Crippen LogP contribution in [0.1, 0.15) is 33.6 Å². The molecule has 3 rings (SSSR count). The number of fused-ring (bicyclic) bond motifs is 2. The molecule has 136 valence electrons. The molecule has 1 fully saturated rings. The van der Waals surface area contributed by atoms with E-state index >= 15 is 0 Å². The molecule has 2 aliphatic carbocycles. The van der Waals surface area contributed by atoms with Crippen molar-refractivity contribution >= 4 is 11.7 Å². The third-order valence-corrected chi connectivity index (χ3v) is 5.91. The minimum atomic E-state index is -0.00174. The van der Waals surface area contributed by atoms with Crippen LogP contribution in [0, 0.1) is 23.7 Å². The molecule has 0 radical (unpaired) electrons. The number of carbonyl (C=O) groups excluding carboxylic acids is 1. The van der Waals surface area contributed by atoms with Gasteiger partial charge in [0.25, 0.3) is 0 Å². The number of nitrogens with one attached hydrogen (secondary N) is 1. The molecule has 1 saturated carbocycles. The number of methoxy groups -OCH3 is 1. The average molecular weight is 342 g/mol. The summed E-state index contributed by atoms with van der Waals surface area (Å²) in [5, 5.41) is 3.06. The smallest absolute Gasteiger partial charge is 0.322 e. The van der Waals surface area contributed by atoms with E-state index in [-0.39, 0.29) is 12.1 Å². The Labute approximate surface area is 151 Å². The quantitative estimate of drug-likeness (QED) is 0.756. The maximum Gasteiger partial charge on any atom is 0.322 e. The Morgan fingerprint density at radius 2 is 1.92 bits per heavy atom. The summed E-state index contributed by atoms with van der Waals surface area (Å²) in [5.41, 5.74) is 0.805. The summed E-state index contributed by atoms with van der Waals surface area (Å²) in [6.07, 6.45) is 7.21. The Morgan fingerprint density at radius 1 is 1.20 bits per heavy atom. The molecular formula is C21H30N2O2. The van der Waals surface area contributed by atoms with E-state index in [4.69, 9.17) is 4.74 Å². The highest BCUT2D eigenvalue weighted by molar-refractivity contribution is 5.89. The molecule has 4 nitrogen and oxygen atoms in total. The number of rotatable bonds is 6. The lowest BCUT2D eigenvalue weighted by molar-refractivity contribution is 0.154. The van der Waals surface area contributed by atoms with Crippen molar-refractivity contribution in [2.24, 2.45) is 23.7 Å². The Morgan fingerprint density at radius 3 is 2.44 bits per heavy atom. The second-order valence-corrected chi connectivity index (χ2v) is 7.84. The number of hydrogen-bond acceptors (Lipinski definition) is 2. The molecule has 4 unspecified atom stereocenters. The largest absolute Gasteiger partial charge is 0.497 e. The van der Waals surface area contributed by atoms with Crippen molar-refractivity contribution in [3.63, 3.8) is 0 Å². The minimum Gasteiger partial charge on any atom is -0.497 e. The topological polar surface area (TPSA) is 41.6 Å². The van der Waals surface area contributed by atoms with Crippen molar-refractivity contribution in [3.8, 4) is 5.75 Å². The SMILES string of the molecule is COc1ccc(NC(=O)N(CC2CC3C=CC2C3)C(C)C(C)C)cc1. The fourth-order valence-electron chi connectivity index (χ4n) is 4.02. The highest BCUT2D eigenvalue weighted by Crippen LogP contribution is 2.44. The number of amides is 2. The van der Waals surface area contributed by atoms with Gasteiger partial charge in [0.15, 0.2) is 0 Å². The molecule has 1 aromatic carbocycles. The molecule has 0 spiro atoms. The lowest BCUT2D eigenvalue weighted by Crippen LogP contribution is -2.46. The average Bonchev–Trinajstić information content (AvgIpc) is 3.22. The highest BCUT2D eigenvalue weighted by Gasteiger charge is 2.38. The Balaban J connectivity index is 1.69. The number of urea groups is 1. The van der Waals surface area contributed by atoms with Crippen molar-refractivity contribution in [2.75, 3.05) is 19.0 Å². The summed E-state index contributed by atoms with van der Waals surface area (Å²) in [4.78, 5) is 15.0. The van der Waals surface area contributed by atoms with Crippen LogP contribution in [0.3, 0.4) is 0 Å². The predicted molar refractivity (Wildman–Crippen MR) is 102 cm³/mol. The van der Waals surface area contributed by atoms with Gasteiger partial charge < -0.3 is 15.0 Å². The highest BCUT2D eigenvalue weighted by atomic mass is 16.5. The van der Waals surface area contributed by atoms with Gasteiger partial charge in [-0.2, -0.15) is 0 Å². The standard InChI is InChI=1S/C21H30N2O2/c1-14(2)15(3)23(13-18-12-16-5-6-17(18)11-16)21(24)22-19-7-9-20(25-4)10-8-19/h5-10,14-18H,11-13H2,1-4H3,(H,22,24). The van der Waals surface area contributed by atoms with Gasteiger partial charge in [0.1, 0.15) is 5.75 Å². The van der Waals surface area contributed by atoms with Crippen LogP contribution >= 0.6 is 0 Å². The van der Waals surface area contributed by atoms with Crippen molar-refractivity contribution in [3.05, 3.63) is 36.4 Å². The minimum absolute atomic E-state index is 0.00174. The lowest BCUT2D eigenvalue weighted by Gasteiger charge is -2.35. The zero-order valence-electron chi connectivity index (χ0n) is 15.7. The molecule has 0 saturated heterocycles. The van der Waals surface area contributed by atoms with Crippen LogP contribution in [0.4, 0.5) is 10.5 Å². The summed E-state index contributed by atoms with van der Waals surface area (Å²) in [6, 6.07) is 7.71. The van der Waals surface area contributed by atoms with E-state index in [1.54, 1.807) is 7.11 Å². The first kappa shape index (κ1) is 17.8. The molecule has 0 heterocycles. The van der Waals surface area contributed by atoms with E-state index in [9.17, 15) is 4.79 Å². The van der Waals surface area contributed by atoms with Gasteiger partial charge in [-0.05, 0) is 67.7 Å². The molecule has 25 heavy (non-hydrogen) atoms. The van der Waals surface area contributed by atoms with E-state index < -0.39 is 0 Å². The molecule has 0 aromatic heterocycles. The van der Waals surface area contributed by atoms with E-state index in [2.05, 4.69) is 38.2 Å². The maximum absolute atomic E-state index is 13.0. The molecule has 1 N–H and O–H groups in total. The van der Waals surface area contributed by atoms with Crippen molar-refractivity contribution in [1.82, 2.24) is 4.90 Å². The van der Waals surface area contributed by atoms with Crippen LogP contribution in [-0.4, -0.2) is 30.6 Å². The van der Waals surface area contributed by atoms with Crippen LogP contribution in [-0.2, 0) is 0 Å². The number of anilines is 1. The van der Waals surface area contributed by atoms with Gasteiger partial charge in [0.2, 0.25) is 0 Å². The van der Waals surface area contributed by atoms with Crippen LogP contribution < -0.4 is 10.1 Å². The first-order chi connectivity index (χ1) is 12.0. The normalized spacial score (nSPS) is 25.2. The summed E-state index contributed by atoms with van der Waals surface area (Å²) < 4.78 is 5.18. The zero-order chi connectivity index (χ0) is 18.0. The molecule has 2 aliphatic rings.